The SMILES string of the molecule is Cc1ccc(C(N)=S)c(NCC(C)C(C)C)n1. The van der Waals surface area contributed by atoms with E-state index >= 15 is 0 Å². The molecule has 3 N–H and O–H groups in total. The summed E-state index contributed by atoms with van der Waals surface area (Å²) >= 11 is 5.02. The van der Waals surface area contributed by atoms with E-state index in [-0.39, 0.29) is 0 Å². The molecule has 4 heteroatoms. The normalized spacial score (nSPS) is 12.5. The zero-order chi connectivity index (χ0) is 13.0. The maximum Gasteiger partial charge on any atom is 0.136 e. The lowest BCUT2D eigenvalue weighted by molar-refractivity contribution is 0.439. The first kappa shape index (κ1) is 13.9. The fourth-order valence-electron chi connectivity index (χ4n) is 1.38. The molecule has 3 nitrogen and oxygen atoms in total. The molecule has 1 aromatic heterocycles. The fraction of sp³-hybridized carbons (Fsp3) is 0.538. The highest BCUT2D eigenvalue weighted by atomic mass is 32.1. The smallest absolute Gasteiger partial charge is 0.136 e. The van der Waals surface area contributed by atoms with Crippen molar-refractivity contribution in [1.29, 1.82) is 0 Å². The minimum absolute atomic E-state index is 0.386. The molecule has 0 fully saturated rings. The van der Waals surface area contributed by atoms with Crippen LogP contribution in [0.1, 0.15) is 32.0 Å². The van der Waals surface area contributed by atoms with Gasteiger partial charge in [0.25, 0.3) is 0 Å². The average Bonchev–Trinajstić information content (AvgIpc) is 2.25. The molecule has 0 spiro atoms. The largest absolute Gasteiger partial charge is 0.389 e. The van der Waals surface area contributed by atoms with Crippen molar-refractivity contribution in [2.45, 2.75) is 27.7 Å². The summed E-state index contributed by atoms with van der Waals surface area (Å²) in [5, 5.41) is 3.34. The molecule has 1 atom stereocenters. The quantitative estimate of drug-likeness (QED) is 0.790. The van der Waals surface area contributed by atoms with Gasteiger partial charge in [-0.05, 0) is 30.9 Å². The van der Waals surface area contributed by atoms with Gasteiger partial charge in [-0.15, -0.1) is 0 Å². The summed E-state index contributed by atoms with van der Waals surface area (Å²) in [6.07, 6.45) is 0. The van der Waals surface area contributed by atoms with Crippen molar-refractivity contribution in [2.75, 3.05) is 11.9 Å². The number of pyridine rings is 1. The Morgan fingerprint density at radius 2 is 2.06 bits per heavy atom. The third-order valence-corrected chi connectivity index (χ3v) is 3.25. The lowest BCUT2D eigenvalue weighted by atomic mass is 9.98. The Morgan fingerprint density at radius 1 is 1.41 bits per heavy atom. The molecule has 0 aromatic carbocycles. The van der Waals surface area contributed by atoms with Crippen molar-refractivity contribution in [1.82, 2.24) is 4.98 Å². The third-order valence-electron chi connectivity index (χ3n) is 3.03. The molecule has 0 aliphatic rings. The molecule has 0 aliphatic heterocycles. The van der Waals surface area contributed by atoms with Gasteiger partial charge in [0.2, 0.25) is 0 Å². The Kier molecular flexibility index (Phi) is 4.87. The van der Waals surface area contributed by atoms with E-state index in [0.29, 0.717) is 16.8 Å². The molecular weight excluding hydrogens is 230 g/mol. The van der Waals surface area contributed by atoms with Crippen molar-refractivity contribution >= 4 is 23.0 Å². The minimum Gasteiger partial charge on any atom is -0.389 e. The van der Waals surface area contributed by atoms with Crippen LogP contribution in [-0.2, 0) is 0 Å². The number of anilines is 1. The number of aromatic nitrogens is 1. The van der Waals surface area contributed by atoms with Crippen LogP contribution in [0.5, 0.6) is 0 Å². The van der Waals surface area contributed by atoms with Crippen LogP contribution in [0, 0.1) is 18.8 Å². The van der Waals surface area contributed by atoms with Gasteiger partial charge >= 0.3 is 0 Å². The van der Waals surface area contributed by atoms with Gasteiger partial charge in [0.05, 0.1) is 5.56 Å². The Hall–Kier alpha value is -1.16. The maximum absolute atomic E-state index is 5.68. The number of hydrogen-bond donors (Lipinski definition) is 2. The van der Waals surface area contributed by atoms with E-state index in [9.17, 15) is 0 Å². The van der Waals surface area contributed by atoms with E-state index in [0.717, 1.165) is 23.6 Å². The van der Waals surface area contributed by atoms with Gasteiger partial charge < -0.3 is 11.1 Å². The van der Waals surface area contributed by atoms with E-state index in [4.69, 9.17) is 18.0 Å². The summed E-state index contributed by atoms with van der Waals surface area (Å²) in [6.45, 7) is 9.48. The van der Waals surface area contributed by atoms with Crippen LogP contribution in [0.2, 0.25) is 0 Å². The molecule has 0 saturated heterocycles. The molecule has 1 unspecified atom stereocenters. The first-order valence-corrected chi connectivity index (χ1v) is 6.34. The molecule has 1 heterocycles. The predicted octanol–water partition coefficient (Wildman–Crippen LogP) is 2.73. The van der Waals surface area contributed by atoms with Gasteiger partial charge in [-0.25, -0.2) is 4.98 Å². The number of nitrogens with one attached hydrogen (secondary N) is 1. The standard InChI is InChI=1S/C13H21N3S/c1-8(2)9(3)7-15-13-11(12(14)17)6-5-10(4)16-13/h5-6,8-9H,7H2,1-4H3,(H2,14,17)(H,15,16). The highest BCUT2D eigenvalue weighted by molar-refractivity contribution is 7.80. The summed E-state index contributed by atoms with van der Waals surface area (Å²) < 4.78 is 0. The predicted molar refractivity (Wildman–Crippen MR) is 77.4 cm³/mol. The Balaban J connectivity index is 2.82. The monoisotopic (exact) mass is 251 g/mol. The Morgan fingerprint density at radius 3 is 2.59 bits per heavy atom. The first-order chi connectivity index (χ1) is 7.91. The summed E-state index contributed by atoms with van der Waals surface area (Å²) in [5.41, 5.74) is 7.47. The molecule has 17 heavy (non-hydrogen) atoms. The average molecular weight is 251 g/mol. The van der Waals surface area contributed by atoms with Crippen molar-refractivity contribution in [3.05, 3.63) is 23.4 Å². The Bertz CT molecular complexity index is 402. The van der Waals surface area contributed by atoms with Crippen molar-refractivity contribution in [2.24, 2.45) is 17.6 Å². The summed E-state index contributed by atoms with van der Waals surface area (Å²) in [6, 6.07) is 3.85. The van der Waals surface area contributed by atoms with Crippen LogP contribution < -0.4 is 11.1 Å². The number of rotatable bonds is 5. The van der Waals surface area contributed by atoms with Gasteiger partial charge in [0, 0.05) is 12.2 Å². The highest BCUT2D eigenvalue weighted by Gasteiger charge is 2.10. The van der Waals surface area contributed by atoms with Crippen molar-refractivity contribution in [3.8, 4) is 0 Å². The number of nitrogens with two attached hydrogens (primary N) is 1. The van der Waals surface area contributed by atoms with E-state index in [1.165, 1.54) is 0 Å². The number of nitrogens with zero attached hydrogens (tertiary/aromatic N) is 1. The van der Waals surface area contributed by atoms with E-state index in [2.05, 4.69) is 31.1 Å². The summed E-state index contributed by atoms with van der Waals surface area (Å²) in [7, 11) is 0. The lowest BCUT2D eigenvalue weighted by Gasteiger charge is -2.18. The number of aryl methyl sites for hydroxylation is 1. The molecule has 0 bridgehead atoms. The maximum atomic E-state index is 5.68. The lowest BCUT2D eigenvalue weighted by Crippen LogP contribution is -2.20. The van der Waals surface area contributed by atoms with E-state index in [1.54, 1.807) is 0 Å². The van der Waals surface area contributed by atoms with Crippen LogP contribution in [0.3, 0.4) is 0 Å². The van der Waals surface area contributed by atoms with Gasteiger partial charge in [-0.1, -0.05) is 33.0 Å². The third kappa shape index (κ3) is 3.97. The van der Waals surface area contributed by atoms with Crippen LogP contribution >= 0.6 is 12.2 Å². The molecule has 0 saturated carbocycles. The number of thiocarbonyl (C=S) groups is 1. The second kappa shape index (κ2) is 5.96. The van der Waals surface area contributed by atoms with Gasteiger partial charge in [-0.2, -0.15) is 0 Å². The van der Waals surface area contributed by atoms with Crippen molar-refractivity contribution < 1.29 is 0 Å². The highest BCUT2D eigenvalue weighted by Crippen LogP contribution is 2.16. The van der Waals surface area contributed by atoms with Crippen LogP contribution in [0.25, 0.3) is 0 Å². The van der Waals surface area contributed by atoms with E-state index < -0.39 is 0 Å². The molecule has 1 aromatic rings. The zero-order valence-corrected chi connectivity index (χ0v) is 11.8. The first-order valence-electron chi connectivity index (χ1n) is 5.93. The topological polar surface area (TPSA) is 50.9 Å². The van der Waals surface area contributed by atoms with Crippen LogP contribution in [0.15, 0.2) is 12.1 Å². The summed E-state index contributed by atoms with van der Waals surface area (Å²) in [5.74, 6) is 2.02. The second-order valence-electron chi connectivity index (χ2n) is 4.82. The fourth-order valence-corrected chi connectivity index (χ4v) is 1.55. The Labute approximate surface area is 109 Å². The second-order valence-corrected chi connectivity index (χ2v) is 5.26. The van der Waals surface area contributed by atoms with Crippen LogP contribution in [-0.4, -0.2) is 16.5 Å². The molecule has 1 rings (SSSR count). The molecule has 0 aliphatic carbocycles. The van der Waals surface area contributed by atoms with Gasteiger partial charge in [0.15, 0.2) is 0 Å². The molecule has 0 amide bonds. The van der Waals surface area contributed by atoms with Crippen molar-refractivity contribution in [3.63, 3.8) is 0 Å². The van der Waals surface area contributed by atoms with Gasteiger partial charge in [0.1, 0.15) is 10.8 Å². The molecule has 94 valence electrons. The zero-order valence-electron chi connectivity index (χ0n) is 10.9. The van der Waals surface area contributed by atoms with E-state index in [1.807, 2.05) is 19.1 Å². The summed E-state index contributed by atoms with van der Waals surface area (Å²) in [4.78, 5) is 4.83. The van der Waals surface area contributed by atoms with Crippen LogP contribution in [0.4, 0.5) is 5.82 Å². The minimum atomic E-state index is 0.386. The molecular formula is C13H21N3S. The van der Waals surface area contributed by atoms with Gasteiger partial charge in [-0.3, -0.25) is 0 Å². The number of hydrogen-bond acceptors (Lipinski definition) is 3. The molecule has 0 radical (unpaired) electrons.